The average Bonchev–Trinajstić information content (AvgIpc) is 2.73. The van der Waals surface area contributed by atoms with Gasteiger partial charge in [-0.15, -0.1) is 0 Å². The third kappa shape index (κ3) is 4.01. The van der Waals surface area contributed by atoms with Gasteiger partial charge in [0.25, 0.3) is 0 Å². The Balaban J connectivity index is 2.92. The molecule has 0 aliphatic carbocycles. The molecule has 0 spiro atoms. The minimum Gasteiger partial charge on any atom is -0.389 e. The summed E-state index contributed by atoms with van der Waals surface area (Å²) in [5, 5.41) is 25.3. The van der Waals surface area contributed by atoms with Crippen molar-refractivity contribution < 1.29 is 14.8 Å². The lowest BCUT2D eigenvalue weighted by Crippen LogP contribution is -2.25. The second kappa shape index (κ2) is 7.35. The molecule has 0 aromatic carbocycles. The lowest BCUT2D eigenvalue weighted by Gasteiger charge is -2.14. The number of aliphatic hydroxyl groups is 1. The Morgan fingerprint density at radius 1 is 1.40 bits per heavy atom. The van der Waals surface area contributed by atoms with E-state index in [1.165, 1.54) is 4.68 Å². The van der Waals surface area contributed by atoms with E-state index in [9.17, 15) is 15.2 Å². The summed E-state index contributed by atoms with van der Waals surface area (Å²) < 4.78 is 6.87. The zero-order valence-corrected chi connectivity index (χ0v) is 12.5. The number of nitrogens with zero attached hydrogens (tertiary/aromatic N) is 3. The fraction of sp³-hybridized carbons (Fsp3) is 0.769. The zero-order chi connectivity index (χ0) is 15.3. The Morgan fingerprint density at radius 3 is 2.50 bits per heavy atom. The third-order valence-corrected chi connectivity index (χ3v) is 2.96. The first-order valence-electron chi connectivity index (χ1n) is 6.93. The first kappa shape index (κ1) is 16.6. The smallest absolute Gasteiger partial charge is 0.313 e. The largest absolute Gasteiger partial charge is 0.389 e. The van der Waals surface area contributed by atoms with Gasteiger partial charge in [0.15, 0.2) is 0 Å². The molecular formula is C13H23N3O4. The van der Waals surface area contributed by atoms with E-state index in [2.05, 4.69) is 5.10 Å². The first-order valence-corrected chi connectivity index (χ1v) is 6.93. The van der Waals surface area contributed by atoms with Crippen molar-refractivity contribution in [3.05, 3.63) is 21.5 Å². The lowest BCUT2D eigenvalue weighted by atomic mass is 10.2. The Morgan fingerprint density at radius 2 is 2.05 bits per heavy atom. The molecule has 7 heteroatoms. The summed E-state index contributed by atoms with van der Waals surface area (Å²) in [4.78, 5) is 10.7. The molecule has 0 bridgehead atoms. The van der Waals surface area contributed by atoms with Crippen LogP contribution in [0.25, 0.3) is 0 Å². The van der Waals surface area contributed by atoms with E-state index in [-0.39, 0.29) is 24.9 Å². The number of ether oxygens (including phenoxy) is 1. The minimum atomic E-state index is -0.730. The summed E-state index contributed by atoms with van der Waals surface area (Å²) >= 11 is 0. The van der Waals surface area contributed by atoms with Gasteiger partial charge in [0.1, 0.15) is 11.4 Å². The summed E-state index contributed by atoms with van der Waals surface area (Å²) in [6, 6.07) is 0. The van der Waals surface area contributed by atoms with E-state index in [1.54, 1.807) is 0 Å². The van der Waals surface area contributed by atoms with Gasteiger partial charge in [0.2, 0.25) is 0 Å². The van der Waals surface area contributed by atoms with Gasteiger partial charge in [0.05, 0.1) is 30.3 Å². The standard InChI is InChI=1S/C13H23N3O4/c1-5-11-13(16(18)19)12(6-2)15(14-11)7-10(17)8-20-9(3)4/h9-10,17H,5-8H2,1-4H3. The summed E-state index contributed by atoms with van der Waals surface area (Å²) in [6.07, 6.45) is 0.302. The average molecular weight is 285 g/mol. The van der Waals surface area contributed by atoms with Crippen LogP contribution < -0.4 is 0 Å². The molecule has 0 saturated carbocycles. The molecule has 20 heavy (non-hydrogen) atoms. The van der Waals surface area contributed by atoms with Gasteiger partial charge in [-0.3, -0.25) is 14.8 Å². The van der Waals surface area contributed by atoms with E-state index < -0.39 is 11.0 Å². The van der Waals surface area contributed by atoms with Crippen LogP contribution in [0.2, 0.25) is 0 Å². The van der Waals surface area contributed by atoms with E-state index >= 15 is 0 Å². The summed E-state index contributed by atoms with van der Waals surface area (Å²) in [7, 11) is 0. The molecular weight excluding hydrogens is 262 g/mol. The molecule has 0 radical (unpaired) electrons. The number of hydrogen-bond acceptors (Lipinski definition) is 5. The second-order valence-electron chi connectivity index (χ2n) is 4.92. The van der Waals surface area contributed by atoms with Crippen LogP contribution in [-0.4, -0.2) is 38.6 Å². The van der Waals surface area contributed by atoms with Crippen LogP contribution >= 0.6 is 0 Å². The molecule has 1 heterocycles. The SMILES string of the molecule is CCc1nn(CC(O)COC(C)C)c(CC)c1[N+](=O)[O-]. The van der Waals surface area contributed by atoms with E-state index in [0.717, 1.165) is 0 Å². The van der Waals surface area contributed by atoms with Crippen molar-refractivity contribution in [3.8, 4) is 0 Å². The Kier molecular flexibility index (Phi) is 6.09. The highest BCUT2D eigenvalue weighted by Crippen LogP contribution is 2.24. The maximum absolute atomic E-state index is 11.1. The van der Waals surface area contributed by atoms with Gasteiger partial charge in [0, 0.05) is 0 Å². The van der Waals surface area contributed by atoms with Crippen molar-refractivity contribution >= 4 is 5.69 Å². The van der Waals surface area contributed by atoms with E-state index in [1.807, 2.05) is 27.7 Å². The summed E-state index contributed by atoms with van der Waals surface area (Å²) in [5.41, 5.74) is 1.09. The van der Waals surface area contributed by atoms with Gasteiger partial charge in [-0.25, -0.2) is 0 Å². The molecule has 1 N–H and O–H groups in total. The third-order valence-electron chi connectivity index (χ3n) is 2.96. The lowest BCUT2D eigenvalue weighted by molar-refractivity contribution is -0.386. The first-order chi connectivity index (χ1) is 9.40. The topological polar surface area (TPSA) is 90.4 Å². The number of aryl methyl sites for hydroxylation is 1. The molecule has 0 aliphatic heterocycles. The number of aliphatic hydroxyl groups excluding tert-OH is 1. The van der Waals surface area contributed by atoms with Crippen LogP contribution in [0.1, 0.15) is 39.1 Å². The van der Waals surface area contributed by atoms with Crippen molar-refractivity contribution in [3.63, 3.8) is 0 Å². The van der Waals surface area contributed by atoms with Crippen LogP contribution in [0.3, 0.4) is 0 Å². The molecule has 1 unspecified atom stereocenters. The van der Waals surface area contributed by atoms with Crippen LogP contribution in [0, 0.1) is 10.1 Å². The fourth-order valence-corrected chi connectivity index (χ4v) is 2.05. The Labute approximate surface area is 118 Å². The zero-order valence-electron chi connectivity index (χ0n) is 12.5. The highest BCUT2D eigenvalue weighted by molar-refractivity contribution is 5.41. The second-order valence-corrected chi connectivity index (χ2v) is 4.92. The van der Waals surface area contributed by atoms with Gasteiger partial charge >= 0.3 is 5.69 Å². The monoisotopic (exact) mass is 285 g/mol. The van der Waals surface area contributed by atoms with Gasteiger partial charge in [-0.05, 0) is 26.7 Å². The van der Waals surface area contributed by atoms with Crippen molar-refractivity contribution in [1.82, 2.24) is 9.78 Å². The van der Waals surface area contributed by atoms with E-state index in [0.29, 0.717) is 24.2 Å². The molecule has 0 amide bonds. The van der Waals surface area contributed by atoms with E-state index in [4.69, 9.17) is 4.74 Å². The van der Waals surface area contributed by atoms with Crippen molar-refractivity contribution in [1.29, 1.82) is 0 Å². The van der Waals surface area contributed by atoms with Crippen LogP contribution in [0.5, 0.6) is 0 Å². The van der Waals surface area contributed by atoms with Crippen molar-refractivity contribution in [2.45, 2.75) is 59.3 Å². The van der Waals surface area contributed by atoms with Gasteiger partial charge < -0.3 is 9.84 Å². The summed E-state index contributed by atoms with van der Waals surface area (Å²) in [6.45, 7) is 7.84. The molecule has 1 aromatic rings. The van der Waals surface area contributed by atoms with Crippen molar-refractivity contribution in [2.75, 3.05) is 6.61 Å². The predicted molar refractivity (Wildman–Crippen MR) is 74.7 cm³/mol. The highest BCUT2D eigenvalue weighted by atomic mass is 16.6. The molecule has 1 aromatic heterocycles. The number of aromatic nitrogens is 2. The Bertz CT molecular complexity index is 457. The molecule has 0 saturated heterocycles. The molecule has 1 atom stereocenters. The quantitative estimate of drug-likeness (QED) is 0.580. The Hall–Kier alpha value is -1.47. The molecule has 0 fully saturated rings. The normalized spacial score (nSPS) is 12.9. The molecule has 0 aliphatic rings. The highest BCUT2D eigenvalue weighted by Gasteiger charge is 2.26. The maximum Gasteiger partial charge on any atom is 0.313 e. The molecule has 1 rings (SSSR count). The van der Waals surface area contributed by atoms with Crippen LogP contribution in [0.15, 0.2) is 0 Å². The van der Waals surface area contributed by atoms with Gasteiger partial charge in [-0.2, -0.15) is 5.10 Å². The number of hydrogen-bond donors (Lipinski definition) is 1. The predicted octanol–water partition coefficient (Wildman–Crippen LogP) is 1.70. The fourth-order valence-electron chi connectivity index (χ4n) is 2.05. The minimum absolute atomic E-state index is 0.0356. The number of rotatable bonds is 8. The maximum atomic E-state index is 11.1. The summed E-state index contributed by atoms with van der Waals surface area (Å²) in [5.74, 6) is 0. The van der Waals surface area contributed by atoms with Crippen LogP contribution in [-0.2, 0) is 24.1 Å². The number of nitro groups is 1. The molecule has 114 valence electrons. The van der Waals surface area contributed by atoms with Crippen molar-refractivity contribution in [2.24, 2.45) is 0 Å². The van der Waals surface area contributed by atoms with Gasteiger partial charge in [-0.1, -0.05) is 13.8 Å². The van der Waals surface area contributed by atoms with Crippen LogP contribution in [0.4, 0.5) is 5.69 Å². The molecule has 7 nitrogen and oxygen atoms in total.